The molecule has 1 atom stereocenters. The summed E-state index contributed by atoms with van der Waals surface area (Å²) in [4.78, 5) is 4.08. The number of methoxy groups -OCH3 is 1. The molecule has 0 radical (unpaired) electrons. The number of nitrogens with zero attached hydrogens (tertiary/aromatic N) is 3. The van der Waals surface area contributed by atoms with Gasteiger partial charge in [-0.15, -0.1) is 0 Å². The van der Waals surface area contributed by atoms with Gasteiger partial charge in [0.1, 0.15) is 0 Å². The van der Waals surface area contributed by atoms with Gasteiger partial charge in [-0.05, 0) is 17.7 Å². The van der Waals surface area contributed by atoms with Crippen LogP contribution in [0.5, 0.6) is 5.75 Å². The lowest BCUT2D eigenvalue weighted by Gasteiger charge is -2.16. The van der Waals surface area contributed by atoms with E-state index < -0.39 is 11.9 Å². The fourth-order valence-corrected chi connectivity index (χ4v) is 2.30. The van der Waals surface area contributed by atoms with Crippen LogP contribution in [0.4, 0.5) is 4.39 Å². The molecule has 21 heavy (non-hydrogen) atoms. The van der Waals surface area contributed by atoms with E-state index in [2.05, 4.69) is 15.5 Å². The highest BCUT2D eigenvalue weighted by Crippen LogP contribution is 2.27. The molecule has 0 aliphatic heterocycles. The first-order valence-corrected chi connectivity index (χ1v) is 6.31. The van der Waals surface area contributed by atoms with Crippen molar-refractivity contribution in [2.75, 3.05) is 7.11 Å². The van der Waals surface area contributed by atoms with Gasteiger partial charge in [0.05, 0.1) is 31.1 Å². The molecule has 108 valence electrons. The Bertz CT molecular complexity index is 773. The first kappa shape index (κ1) is 13.5. The maximum absolute atomic E-state index is 13.9. The van der Waals surface area contributed by atoms with Crippen LogP contribution < -0.4 is 16.0 Å². The highest BCUT2D eigenvalue weighted by atomic mass is 19.1. The van der Waals surface area contributed by atoms with E-state index >= 15 is 0 Å². The van der Waals surface area contributed by atoms with Crippen molar-refractivity contribution < 1.29 is 9.13 Å². The second-order valence-corrected chi connectivity index (χ2v) is 4.50. The second-order valence-electron chi connectivity index (χ2n) is 4.50. The van der Waals surface area contributed by atoms with Crippen LogP contribution in [0, 0.1) is 5.82 Å². The molecule has 7 heteroatoms. The van der Waals surface area contributed by atoms with Gasteiger partial charge in [0, 0.05) is 18.0 Å². The Hall–Kier alpha value is -2.51. The second kappa shape index (κ2) is 5.47. The zero-order chi connectivity index (χ0) is 14.8. The minimum Gasteiger partial charge on any atom is -0.494 e. The highest BCUT2D eigenvalue weighted by Gasteiger charge is 2.19. The molecule has 2 heterocycles. The zero-order valence-electron chi connectivity index (χ0n) is 11.3. The molecule has 0 aliphatic carbocycles. The van der Waals surface area contributed by atoms with Crippen molar-refractivity contribution in [3.05, 3.63) is 59.9 Å². The number of halogens is 1. The SMILES string of the molecule is COc1ccc(C(NN)c2cnn3ccncc23)cc1F. The summed E-state index contributed by atoms with van der Waals surface area (Å²) in [5.74, 6) is 5.40. The fraction of sp³-hybridized carbons (Fsp3) is 0.143. The number of benzene rings is 1. The van der Waals surface area contributed by atoms with Crippen molar-refractivity contribution in [3.8, 4) is 5.75 Å². The smallest absolute Gasteiger partial charge is 0.165 e. The molecule has 0 aliphatic rings. The highest BCUT2D eigenvalue weighted by molar-refractivity contribution is 5.55. The summed E-state index contributed by atoms with van der Waals surface area (Å²) < 4.78 is 20.5. The Balaban J connectivity index is 2.08. The largest absolute Gasteiger partial charge is 0.494 e. The van der Waals surface area contributed by atoms with Crippen LogP contribution in [0.15, 0.2) is 43.0 Å². The standard InChI is InChI=1S/C14H14FN5O/c1-21-13-3-2-9(6-11(13)15)14(19-16)10-7-18-20-5-4-17-8-12(10)20/h2-8,14,19H,16H2,1H3. The molecular formula is C14H14FN5O. The lowest BCUT2D eigenvalue weighted by atomic mass is 10.0. The van der Waals surface area contributed by atoms with E-state index in [0.29, 0.717) is 5.56 Å². The average Bonchev–Trinajstić information content (AvgIpc) is 2.93. The maximum atomic E-state index is 13.9. The molecule has 0 spiro atoms. The van der Waals surface area contributed by atoms with Crippen molar-refractivity contribution in [1.82, 2.24) is 20.0 Å². The molecule has 0 bridgehead atoms. The summed E-state index contributed by atoms with van der Waals surface area (Å²) in [5.41, 5.74) is 4.98. The van der Waals surface area contributed by atoms with Crippen LogP contribution in [-0.2, 0) is 0 Å². The lowest BCUT2D eigenvalue weighted by molar-refractivity contribution is 0.385. The van der Waals surface area contributed by atoms with Crippen LogP contribution in [-0.4, -0.2) is 21.7 Å². The quantitative estimate of drug-likeness (QED) is 0.560. The average molecular weight is 287 g/mol. The Morgan fingerprint density at radius 1 is 1.38 bits per heavy atom. The Morgan fingerprint density at radius 3 is 2.95 bits per heavy atom. The zero-order valence-corrected chi connectivity index (χ0v) is 11.3. The number of ether oxygens (including phenoxy) is 1. The first-order valence-electron chi connectivity index (χ1n) is 6.31. The number of hydrogen-bond donors (Lipinski definition) is 2. The van der Waals surface area contributed by atoms with Crippen molar-refractivity contribution in [3.63, 3.8) is 0 Å². The molecule has 0 amide bonds. The van der Waals surface area contributed by atoms with Gasteiger partial charge in [-0.25, -0.2) is 14.3 Å². The molecule has 2 aromatic heterocycles. The van der Waals surface area contributed by atoms with Gasteiger partial charge in [0.15, 0.2) is 11.6 Å². The van der Waals surface area contributed by atoms with Crippen molar-refractivity contribution >= 4 is 5.52 Å². The minimum absolute atomic E-state index is 0.191. The van der Waals surface area contributed by atoms with Crippen molar-refractivity contribution in [1.29, 1.82) is 0 Å². The van der Waals surface area contributed by atoms with Crippen molar-refractivity contribution in [2.24, 2.45) is 5.84 Å². The minimum atomic E-state index is -0.440. The normalized spacial score (nSPS) is 12.5. The third-order valence-electron chi connectivity index (χ3n) is 3.34. The molecule has 3 rings (SSSR count). The number of nitrogens with one attached hydrogen (secondary N) is 1. The molecular weight excluding hydrogens is 273 g/mol. The van der Waals surface area contributed by atoms with Gasteiger partial charge in [0.25, 0.3) is 0 Å². The molecule has 0 saturated carbocycles. The van der Waals surface area contributed by atoms with Gasteiger partial charge >= 0.3 is 0 Å². The van der Waals surface area contributed by atoms with Gasteiger partial charge in [-0.1, -0.05) is 6.07 Å². The van der Waals surface area contributed by atoms with Crippen LogP contribution in [0.1, 0.15) is 17.2 Å². The summed E-state index contributed by atoms with van der Waals surface area (Å²) in [6, 6.07) is 4.32. The molecule has 0 saturated heterocycles. The first-order chi connectivity index (χ1) is 10.2. The molecule has 3 aromatic rings. The third kappa shape index (κ3) is 2.32. The number of aromatic nitrogens is 3. The van der Waals surface area contributed by atoms with E-state index in [4.69, 9.17) is 10.6 Å². The number of nitrogens with two attached hydrogens (primary N) is 1. The van der Waals surface area contributed by atoms with Gasteiger partial charge < -0.3 is 4.74 Å². The topological polar surface area (TPSA) is 77.5 Å². The summed E-state index contributed by atoms with van der Waals surface area (Å²) in [5, 5.41) is 4.23. The monoisotopic (exact) mass is 287 g/mol. The fourth-order valence-electron chi connectivity index (χ4n) is 2.30. The van der Waals surface area contributed by atoms with Crippen LogP contribution in [0.25, 0.3) is 5.52 Å². The van der Waals surface area contributed by atoms with E-state index in [1.165, 1.54) is 13.2 Å². The molecule has 0 fully saturated rings. The third-order valence-corrected chi connectivity index (χ3v) is 3.34. The van der Waals surface area contributed by atoms with Crippen LogP contribution in [0.2, 0.25) is 0 Å². The lowest BCUT2D eigenvalue weighted by Crippen LogP contribution is -2.28. The maximum Gasteiger partial charge on any atom is 0.165 e. The van der Waals surface area contributed by atoms with E-state index in [1.54, 1.807) is 41.4 Å². The Kier molecular flexibility index (Phi) is 3.51. The van der Waals surface area contributed by atoms with Crippen molar-refractivity contribution in [2.45, 2.75) is 6.04 Å². The van der Waals surface area contributed by atoms with E-state index in [9.17, 15) is 4.39 Å². The Morgan fingerprint density at radius 2 is 2.24 bits per heavy atom. The van der Waals surface area contributed by atoms with Crippen LogP contribution >= 0.6 is 0 Å². The number of hydrogen-bond acceptors (Lipinski definition) is 5. The predicted octanol–water partition coefficient (Wildman–Crippen LogP) is 1.43. The number of rotatable bonds is 4. The van der Waals surface area contributed by atoms with Gasteiger partial charge in [-0.3, -0.25) is 10.8 Å². The number of fused-ring (bicyclic) bond motifs is 1. The number of hydrazine groups is 1. The predicted molar refractivity (Wildman–Crippen MR) is 75.1 cm³/mol. The summed E-state index contributed by atoms with van der Waals surface area (Å²) in [6.07, 6.45) is 6.75. The summed E-state index contributed by atoms with van der Waals surface area (Å²) in [6.45, 7) is 0. The van der Waals surface area contributed by atoms with E-state index in [0.717, 1.165) is 11.1 Å². The summed E-state index contributed by atoms with van der Waals surface area (Å²) >= 11 is 0. The van der Waals surface area contributed by atoms with E-state index in [1.807, 2.05) is 0 Å². The molecule has 6 nitrogen and oxygen atoms in total. The summed E-state index contributed by atoms with van der Waals surface area (Å²) in [7, 11) is 1.42. The molecule has 1 aromatic carbocycles. The molecule has 3 N–H and O–H groups in total. The van der Waals surface area contributed by atoms with Gasteiger partial charge in [0.2, 0.25) is 0 Å². The van der Waals surface area contributed by atoms with Crippen LogP contribution in [0.3, 0.4) is 0 Å². The Labute approximate surface area is 120 Å². The van der Waals surface area contributed by atoms with Gasteiger partial charge in [-0.2, -0.15) is 5.10 Å². The van der Waals surface area contributed by atoms with E-state index in [-0.39, 0.29) is 5.75 Å². The molecule has 1 unspecified atom stereocenters.